The van der Waals surface area contributed by atoms with Crippen LogP contribution in [0.3, 0.4) is 0 Å². The zero-order valence-electron chi connectivity index (χ0n) is 14.9. The van der Waals surface area contributed by atoms with Crippen LogP contribution in [-0.2, 0) is 4.79 Å². The number of nitro benzene ring substituents is 1. The minimum Gasteiger partial charge on any atom is -0.341 e. The van der Waals surface area contributed by atoms with Crippen molar-refractivity contribution in [3.63, 3.8) is 0 Å². The van der Waals surface area contributed by atoms with Crippen molar-refractivity contribution in [2.75, 3.05) is 7.05 Å². The number of nitro groups is 1. The zero-order chi connectivity index (χ0) is 18.6. The van der Waals surface area contributed by atoms with Gasteiger partial charge in [-0.05, 0) is 44.6 Å². The number of carbonyl (C=O) groups is 2. The molecule has 136 valence electrons. The standard InChI is InChI=1S/C18H25N3O4/c1-12-7-9-15(10-8-12)20(3)18(23)13(2)19-17(22)14-5-4-6-16(11-14)21(24)25/h4-6,11-13,15H,7-10H2,1-3H3,(H,19,22). The predicted molar refractivity (Wildman–Crippen MR) is 94.2 cm³/mol. The number of nitrogens with one attached hydrogen (secondary N) is 1. The van der Waals surface area contributed by atoms with Crippen molar-refractivity contribution in [3.8, 4) is 0 Å². The van der Waals surface area contributed by atoms with Crippen LogP contribution < -0.4 is 5.32 Å². The molecule has 0 saturated heterocycles. The number of non-ortho nitro benzene ring substituents is 1. The van der Waals surface area contributed by atoms with Crippen molar-refractivity contribution in [3.05, 3.63) is 39.9 Å². The Kier molecular flexibility index (Phi) is 6.12. The first-order valence-corrected chi connectivity index (χ1v) is 8.61. The van der Waals surface area contributed by atoms with Gasteiger partial charge < -0.3 is 10.2 Å². The number of carbonyl (C=O) groups excluding carboxylic acids is 2. The summed E-state index contributed by atoms with van der Waals surface area (Å²) >= 11 is 0. The lowest BCUT2D eigenvalue weighted by Crippen LogP contribution is -2.49. The van der Waals surface area contributed by atoms with Crippen LogP contribution in [0.15, 0.2) is 24.3 Å². The third kappa shape index (κ3) is 4.78. The number of nitrogens with zero attached hydrogens (tertiary/aromatic N) is 2. The Morgan fingerprint density at radius 1 is 1.28 bits per heavy atom. The molecule has 1 aliphatic rings. The molecule has 1 atom stereocenters. The first-order chi connectivity index (χ1) is 11.8. The van der Waals surface area contributed by atoms with Crippen LogP contribution in [0.5, 0.6) is 0 Å². The van der Waals surface area contributed by atoms with Crippen LogP contribution in [0.2, 0.25) is 0 Å². The summed E-state index contributed by atoms with van der Waals surface area (Å²) in [5.74, 6) is 0.0688. The summed E-state index contributed by atoms with van der Waals surface area (Å²) in [6.45, 7) is 3.86. The number of hydrogen-bond donors (Lipinski definition) is 1. The van der Waals surface area contributed by atoms with Crippen molar-refractivity contribution in [1.29, 1.82) is 0 Å². The number of amides is 2. The van der Waals surface area contributed by atoms with Gasteiger partial charge in [-0.1, -0.05) is 13.0 Å². The first kappa shape index (κ1) is 18.9. The highest BCUT2D eigenvalue weighted by molar-refractivity contribution is 5.97. The highest BCUT2D eigenvalue weighted by atomic mass is 16.6. The van der Waals surface area contributed by atoms with Gasteiger partial charge in [-0.25, -0.2) is 0 Å². The summed E-state index contributed by atoms with van der Waals surface area (Å²) in [4.78, 5) is 36.8. The second-order valence-corrected chi connectivity index (χ2v) is 6.87. The minimum atomic E-state index is -0.684. The van der Waals surface area contributed by atoms with Crippen LogP contribution in [0, 0.1) is 16.0 Å². The van der Waals surface area contributed by atoms with E-state index >= 15 is 0 Å². The average Bonchev–Trinajstić information content (AvgIpc) is 2.61. The van der Waals surface area contributed by atoms with E-state index in [0.29, 0.717) is 5.92 Å². The zero-order valence-corrected chi connectivity index (χ0v) is 14.9. The van der Waals surface area contributed by atoms with Gasteiger partial charge in [0.1, 0.15) is 6.04 Å². The Morgan fingerprint density at radius 3 is 2.52 bits per heavy atom. The Hall–Kier alpha value is -2.44. The fourth-order valence-electron chi connectivity index (χ4n) is 3.22. The van der Waals surface area contributed by atoms with E-state index in [4.69, 9.17) is 0 Å². The summed E-state index contributed by atoms with van der Waals surface area (Å²) < 4.78 is 0. The van der Waals surface area contributed by atoms with Gasteiger partial charge in [-0.15, -0.1) is 0 Å². The van der Waals surface area contributed by atoms with E-state index in [1.165, 1.54) is 24.3 Å². The summed E-state index contributed by atoms with van der Waals surface area (Å²) in [7, 11) is 1.78. The normalized spacial score (nSPS) is 21.2. The third-order valence-corrected chi connectivity index (χ3v) is 4.92. The highest BCUT2D eigenvalue weighted by Gasteiger charge is 2.28. The fraction of sp³-hybridized carbons (Fsp3) is 0.556. The van der Waals surface area contributed by atoms with E-state index in [2.05, 4.69) is 12.2 Å². The minimum absolute atomic E-state index is 0.140. The molecule has 0 radical (unpaired) electrons. The molecule has 0 bridgehead atoms. The first-order valence-electron chi connectivity index (χ1n) is 8.61. The summed E-state index contributed by atoms with van der Waals surface area (Å²) in [6, 6.07) is 5.00. The second kappa shape index (κ2) is 8.09. The monoisotopic (exact) mass is 347 g/mol. The molecule has 1 saturated carbocycles. The van der Waals surface area contributed by atoms with Gasteiger partial charge in [0.15, 0.2) is 0 Å². The quantitative estimate of drug-likeness (QED) is 0.655. The van der Waals surface area contributed by atoms with Gasteiger partial charge in [0, 0.05) is 30.8 Å². The molecule has 7 nitrogen and oxygen atoms in total. The molecule has 1 aliphatic carbocycles. The number of benzene rings is 1. The molecule has 0 heterocycles. The smallest absolute Gasteiger partial charge is 0.270 e. The third-order valence-electron chi connectivity index (χ3n) is 4.92. The summed E-state index contributed by atoms with van der Waals surface area (Å²) in [5, 5.41) is 13.4. The van der Waals surface area contributed by atoms with E-state index in [-0.39, 0.29) is 23.2 Å². The van der Waals surface area contributed by atoms with Crippen LogP contribution in [0.25, 0.3) is 0 Å². The van der Waals surface area contributed by atoms with Crippen molar-refractivity contribution in [2.45, 2.75) is 51.6 Å². The molecule has 1 aromatic carbocycles. The van der Waals surface area contributed by atoms with Crippen molar-refractivity contribution >= 4 is 17.5 Å². The molecular weight excluding hydrogens is 322 g/mol. The van der Waals surface area contributed by atoms with E-state index in [0.717, 1.165) is 25.7 Å². The van der Waals surface area contributed by atoms with E-state index in [1.807, 2.05) is 0 Å². The van der Waals surface area contributed by atoms with Crippen molar-refractivity contribution in [1.82, 2.24) is 10.2 Å². The fourth-order valence-corrected chi connectivity index (χ4v) is 3.22. The maximum absolute atomic E-state index is 12.6. The van der Waals surface area contributed by atoms with E-state index < -0.39 is 16.9 Å². The lowest BCUT2D eigenvalue weighted by molar-refractivity contribution is -0.384. The van der Waals surface area contributed by atoms with E-state index in [1.54, 1.807) is 18.9 Å². The molecule has 2 amide bonds. The average molecular weight is 347 g/mol. The van der Waals surface area contributed by atoms with Gasteiger partial charge in [-0.2, -0.15) is 0 Å². The van der Waals surface area contributed by atoms with Gasteiger partial charge in [0.2, 0.25) is 5.91 Å². The second-order valence-electron chi connectivity index (χ2n) is 6.87. The topological polar surface area (TPSA) is 92.6 Å². The van der Waals surface area contributed by atoms with Gasteiger partial charge >= 0.3 is 0 Å². The molecule has 1 aromatic rings. The van der Waals surface area contributed by atoms with Crippen molar-refractivity contribution in [2.24, 2.45) is 5.92 Å². The lowest BCUT2D eigenvalue weighted by atomic mass is 9.86. The molecule has 25 heavy (non-hydrogen) atoms. The number of likely N-dealkylation sites (N-methyl/N-ethyl adjacent to an activating group) is 1. The maximum atomic E-state index is 12.6. The van der Waals surface area contributed by atoms with Crippen molar-refractivity contribution < 1.29 is 14.5 Å². The molecular formula is C18H25N3O4. The lowest BCUT2D eigenvalue weighted by Gasteiger charge is -2.35. The van der Waals surface area contributed by atoms with Crippen LogP contribution in [-0.4, -0.2) is 40.8 Å². The Labute approximate surface area is 147 Å². The summed E-state index contributed by atoms with van der Waals surface area (Å²) in [6.07, 6.45) is 4.18. The molecule has 1 fully saturated rings. The summed E-state index contributed by atoms with van der Waals surface area (Å²) in [5.41, 5.74) is 0.0167. The molecule has 0 aliphatic heterocycles. The van der Waals surface area contributed by atoms with Gasteiger partial charge in [0.25, 0.3) is 11.6 Å². The molecule has 0 aromatic heterocycles. The molecule has 0 spiro atoms. The highest BCUT2D eigenvalue weighted by Crippen LogP contribution is 2.26. The van der Waals surface area contributed by atoms with E-state index in [9.17, 15) is 19.7 Å². The Bertz CT molecular complexity index is 653. The Balaban J connectivity index is 1.97. The SMILES string of the molecule is CC1CCC(N(C)C(=O)C(C)NC(=O)c2cccc([N+](=O)[O-])c2)CC1. The number of hydrogen-bond acceptors (Lipinski definition) is 4. The predicted octanol–water partition coefficient (Wildman–Crippen LogP) is 2.75. The molecule has 1 unspecified atom stereocenters. The van der Waals surface area contributed by atoms with Gasteiger partial charge in [-0.3, -0.25) is 19.7 Å². The molecule has 2 rings (SSSR count). The largest absolute Gasteiger partial charge is 0.341 e. The molecule has 7 heteroatoms. The van der Waals surface area contributed by atoms with Crippen LogP contribution >= 0.6 is 0 Å². The molecule has 1 N–H and O–H groups in total. The van der Waals surface area contributed by atoms with Gasteiger partial charge in [0.05, 0.1) is 4.92 Å². The van der Waals surface area contributed by atoms with Crippen LogP contribution in [0.4, 0.5) is 5.69 Å². The Morgan fingerprint density at radius 2 is 1.92 bits per heavy atom. The van der Waals surface area contributed by atoms with Crippen LogP contribution in [0.1, 0.15) is 49.9 Å². The maximum Gasteiger partial charge on any atom is 0.270 e. The number of rotatable bonds is 5.